The third-order valence-corrected chi connectivity index (χ3v) is 5.93. The Labute approximate surface area is 255 Å². The molecular formula is C30H40N4O10. The van der Waals surface area contributed by atoms with Gasteiger partial charge in [0.25, 0.3) is 5.91 Å². The van der Waals surface area contributed by atoms with Crippen molar-refractivity contribution in [1.82, 2.24) is 10.6 Å². The van der Waals surface area contributed by atoms with Gasteiger partial charge in [-0.3, -0.25) is 14.4 Å². The number of nitrogens with two attached hydrogens (primary N) is 1. The molecule has 240 valence electrons. The van der Waals surface area contributed by atoms with Crippen molar-refractivity contribution in [3.8, 4) is 0 Å². The molecule has 14 nitrogen and oxygen atoms in total. The Morgan fingerprint density at radius 2 is 1.48 bits per heavy atom. The summed E-state index contributed by atoms with van der Waals surface area (Å²) in [6.07, 6.45) is -1.17. The van der Waals surface area contributed by atoms with Gasteiger partial charge >= 0.3 is 12.1 Å². The predicted octanol–water partition coefficient (Wildman–Crippen LogP) is 1.46. The smallest absolute Gasteiger partial charge is 0.421 e. The summed E-state index contributed by atoms with van der Waals surface area (Å²) in [4.78, 5) is 62.1. The first-order chi connectivity index (χ1) is 21.2. The zero-order valence-corrected chi connectivity index (χ0v) is 24.7. The van der Waals surface area contributed by atoms with Gasteiger partial charge in [0.1, 0.15) is 12.6 Å². The molecule has 0 aliphatic heterocycles. The van der Waals surface area contributed by atoms with Gasteiger partial charge in [-0.05, 0) is 36.2 Å². The number of amides is 4. The van der Waals surface area contributed by atoms with E-state index in [-0.39, 0.29) is 43.9 Å². The van der Waals surface area contributed by atoms with E-state index >= 15 is 0 Å². The van der Waals surface area contributed by atoms with Crippen molar-refractivity contribution in [2.45, 2.75) is 32.4 Å². The highest BCUT2D eigenvalue weighted by molar-refractivity contribution is 6.11. The summed E-state index contributed by atoms with van der Waals surface area (Å²) in [5.74, 6) is -2.99. The maximum Gasteiger partial charge on any atom is 0.421 e. The summed E-state index contributed by atoms with van der Waals surface area (Å²) < 4.78 is 21.1. The second kappa shape index (κ2) is 20.5. The minimum atomic E-state index is -1.32. The Morgan fingerprint density at radius 3 is 2.07 bits per heavy atom. The lowest BCUT2D eigenvalue weighted by atomic mass is 10.1. The number of anilines is 1. The zero-order valence-electron chi connectivity index (χ0n) is 24.7. The summed E-state index contributed by atoms with van der Waals surface area (Å²) in [7, 11) is 0. The number of carbonyl (C=O) groups excluding carboxylic acids is 4. The largest absolute Gasteiger partial charge is 0.480 e. The van der Waals surface area contributed by atoms with Crippen LogP contribution in [0.25, 0.3) is 0 Å². The fourth-order valence-corrected chi connectivity index (χ4v) is 3.71. The van der Waals surface area contributed by atoms with Crippen LogP contribution in [0.1, 0.15) is 35.7 Å². The van der Waals surface area contributed by atoms with E-state index < -0.39 is 35.8 Å². The van der Waals surface area contributed by atoms with Crippen molar-refractivity contribution in [3.05, 3.63) is 65.7 Å². The summed E-state index contributed by atoms with van der Waals surface area (Å²) in [5.41, 5.74) is 6.32. The van der Waals surface area contributed by atoms with Crippen molar-refractivity contribution in [3.63, 3.8) is 0 Å². The van der Waals surface area contributed by atoms with Crippen molar-refractivity contribution in [2.75, 3.05) is 57.6 Å². The minimum absolute atomic E-state index is 0.0329. The van der Waals surface area contributed by atoms with Gasteiger partial charge in [0, 0.05) is 32.0 Å². The molecule has 0 aromatic heterocycles. The Bertz CT molecular complexity index is 1190. The number of benzene rings is 2. The summed E-state index contributed by atoms with van der Waals surface area (Å²) in [5, 5.41) is 14.6. The number of carboxylic acid groups (broad SMARTS) is 1. The number of hydrogen-bond donors (Lipinski definition) is 4. The first-order valence-corrected chi connectivity index (χ1v) is 14.1. The first kappa shape index (κ1) is 35.8. The molecule has 0 saturated carbocycles. The van der Waals surface area contributed by atoms with Crippen molar-refractivity contribution in [2.24, 2.45) is 5.73 Å². The lowest BCUT2D eigenvalue weighted by Crippen LogP contribution is -2.41. The molecule has 2 aromatic carbocycles. The van der Waals surface area contributed by atoms with Crippen LogP contribution in [0.2, 0.25) is 0 Å². The molecule has 2 aromatic rings. The van der Waals surface area contributed by atoms with Crippen molar-refractivity contribution >= 4 is 35.5 Å². The van der Waals surface area contributed by atoms with Gasteiger partial charge in [0.15, 0.2) is 0 Å². The average Bonchev–Trinajstić information content (AvgIpc) is 3.01. The zero-order chi connectivity index (χ0) is 32.2. The number of carboxylic acids is 1. The fourth-order valence-electron chi connectivity index (χ4n) is 3.71. The Balaban J connectivity index is 1.76. The highest BCUT2D eigenvalue weighted by Crippen LogP contribution is 2.18. The molecule has 0 saturated heterocycles. The molecule has 1 atom stereocenters. The molecule has 5 N–H and O–H groups in total. The van der Waals surface area contributed by atoms with Gasteiger partial charge in [-0.25, -0.2) is 14.5 Å². The number of hydrogen-bond acceptors (Lipinski definition) is 10. The van der Waals surface area contributed by atoms with E-state index in [4.69, 9.17) is 24.7 Å². The van der Waals surface area contributed by atoms with Crippen molar-refractivity contribution in [1.29, 1.82) is 0 Å². The Hall–Kier alpha value is -4.37. The number of nitrogens with zero attached hydrogens (tertiary/aromatic N) is 1. The normalized spacial score (nSPS) is 11.3. The maximum atomic E-state index is 12.7. The third kappa shape index (κ3) is 13.7. The van der Waals surface area contributed by atoms with Crippen LogP contribution in [0.3, 0.4) is 0 Å². The summed E-state index contributed by atoms with van der Waals surface area (Å²) in [6.45, 7) is 4.17. The highest BCUT2D eigenvalue weighted by Gasteiger charge is 2.24. The second-order valence-corrected chi connectivity index (χ2v) is 9.32. The van der Waals surface area contributed by atoms with E-state index in [1.165, 1.54) is 31.2 Å². The highest BCUT2D eigenvalue weighted by atomic mass is 16.6. The van der Waals surface area contributed by atoms with E-state index in [1.807, 2.05) is 6.07 Å². The summed E-state index contributed by atoms with van der Waals surface area (Å²) >= 11 is 0. The standard InChI is InChI=1S/C30H40N4O10/c1-22(35)34(30(40)44-21-23-5-3-2-4-6-23)25-9-7-24(8-10-25)28(37)33-26(29(38)39)11-12-27(36)32-14-16-42-18-20-43-19-17-41-15-13-31/h2-10,26H,11-21,31H2,1H3,(H,32,36)(H,33,37)(H,38,39)/t26-/m0/s1. The van der Waals surface area contributed by atoms with Crippen LogP contribution in [-0.2, 0) is 39.9 Å². The number of aliphatic carboxylic acids is 1. The van der Waals surface area contributed by atoms with Gasteiger partial charge in [-0.1, -0.05) is 30.3 Å². The molecule has 0 unspecified atom stereocenters. The molecule has 0 bridgehead atoms. The molecule has 44 heavy (non-hydrogen) atoms. The monoisotopic (exact) mass is 616 g/mol. The molecule has 0 aliphatic rings. The van der Waals surface area contributed by atoms with E-state index in [1.54, 1.807) is 24.3 Å². The molecule has 0 heterocycles. The van der Waals surface area contributed by atoms with Gasteiger partial charge in [0.2, 0.25) is 11.8 Å². The van der Waals surface area contributed by atoms with E-state index in [2.05, 4.69) is 10.6 Å². The molecule has 4 amide bonds. The van der Waals surface area contributed by atoms with Crippen LogP contribution >= 0.6 is 0 Å². The van der Waals surface area contributed by atoms with Crippen LogP contribution in [-0.4, -0.2) is 93.7 Å². The van der Waals surface area contributed by atoms with Crippen molar-refractivity contribution < 1.29 is 48.0 Å². The second-order valence-electron chi connectivity index (χ2n) is 9.32. The number of imide groups is 1. The Morgan fingerprint density at radius 1 is 0.864 bits per heavy atom. The number of nitrogens with one attached hydrogen (secondary N) is 2. The number of carbonyl (C=O) groups is 5. The number of rotatable bonds is 20. The predicted molar refractivity (Wildman–Crippen MR) is 159 cm³/mol. The lowest BCUT2D eigenvalue weighted by molar-refractivity contribution is -0.139. The van der Waals surface area contributed by atoms with Gasteiger partial charge in [-0.2, -0.15) is 0 Å². The molecular weight excluding hydrogens is 576 g/mol. The van der Waals surface area contributed by atoms with Crippen LogP contribution < -0.4 is 21.3 Å². The topological polar surface area (TPSA) is 196 Å². The first-order valence-electron chi connectivity index (χ1n) is 14.1. The molecule has 0 spiro atoms. The van der Waals surface area contributed by atoms with Crippen LogP contribution in [0.4, 0.5) is 10.5 Å². The molecule has 0 radical (unpaired) electrons. The van der Waals surface area contributed by atoms with Gasteiger partial charge < -0.3 is 40.4 Å². The molecule has 0 aliphatic carbocycles. The maximum absolute atomic E-state index is 12.7. The van der Waals surface area contributed by atoms with Crippen LogP contribution in [0.5, 0.6) is 0 Å². The molecule has 14 heteroatoms. The van der Waals surface area contributed by atoms with Gasteiger partial charge in [-0.15, -0.1) is 0 Å². The van der Waals surface area contributed by atoms with Crippen LogP contribution in [0, 0.1) is 0 Å². The molecule has 2 rings (SSSR count). The van der Waals surface area contributed by atoms with E-state index in [9.17, 15) is 29.1 Å². The lowest BCUT2D eigenvalue weighted by Gasteiger charge is -2.19. The number of ether oxygens (including phenoxy) is 4. The third-order valence-electron chi connectivity index (χ3n) is 5.93. The average molecular weight is 617 g/mol. The van der Waals surface area contributed by atoms with E-state index in [0.29, 0.717) is 39.6 Å². The van der Waals surface area contributed by atoms with E-state index in [0.717, 1.165) is 10.5 Å². The quantitative estimate of drug-likeness (QED) is 0.157. The Kier molecular flexibility index (Phi) is 16.7. The summed E-state index contributed by atoms with van der Waals surface area (Å²) in [6, 6.07) is 13.1. The molecule has 0 fully saturated rings. The SMILES string of the molecule is CC(=O)N(C(=O)OCc1ccccc1)c1ccc(C(=O)N[C@@H](CCC(=O)NCCOCCOCCOCCN)C(=O)O)cc1. The van der Waals surface area contributed by atoms with Gasteiger partial charge in [0.05, 0.1) is 45.3 Å². The van der Waals surface area contributed by atoms with Crippen LogP contribution in [0.15, 0.2) is 54.6 Å². The fraction of sp³-hybridized carbons (Fsp3) is 0.433. The minimum Gasteiger partial charge on any atom is -0.480 e.